The van der Waals surface area contributed by atoms with Crippen molar-refractivity contribution in [2.45, 2.75) is 30.8 Å². The van der Waals surface area contributed by atoms with E-state index >= 15 is 0 Å². The first-order chi connectivity index (χ1) is 15.1. The smallest absolute Gasteiger partial charge is 0.347 e. The topological polar surface area (TPSA) is 126 Å². The molecule has 0 bridgehead atoms. The van der Waals surface area contributed by atoms with Crippen molar-refractivity contribution in [2.75, 3.05) is 13.1 Å². The number of ether oxygens (including phenoxy) is 1. The zero-order valence-corrected chi connectivity index (χ0v) is 20.9. The Morgan fingerprint density at radius 3 is 2.41 bits per heavy atom. The van der Waals surface area contributed by atoms with E-state index in [1.54, 1.807) is 12.1 Å². The lowest BCUT2D eigenvalue weighted by Crippen LogP contribution is -2.27. The van der Waals surface area contributed by atoms with Crippen LogP contribution in [0, 0.1) is 0 Å². The standard InChI is InChI=1S/C20H20Br2N2O7S/c1-12(20(26)27)31-23-11-13-8-15(21)19(16(22)9-13)30-14-4-5-17(25)18(10-14)32(28,29)24-6-2-3-7-24/h4-5,8-12,25H,2-3,6-7H2,1H3,(H,26,27)/b23-11-. The van der Waals surface area contributed by atoms with E-state index in [-0.39, 0.29) is 16.4 Å². The molecule has 32 heavy (non-hydrogen) atoms. The molecule has 1 aliphatic heterocycles. The molecule has 1 unspecified atom stereocenters. The van der Waals surface area contributed by atoms with Gasteiger partial charge in [0.15, 0.2) is 5.75 Å². The van der Waals surface area contributed by atoms with Crippen molar-refractivity contribution in [3.8, 4) is 17.2 Å². The number of phenolic OH excluding ortho intramolecular Hbond substituents is 1. The van der Waals surface area contributed by atoms with E-state index in [1.165, 1.54) is 35.6 Å². The van der Waals surface area contributed by atoms with Crippen LogP contribution < -0.4 is 4.74 Å². The second kappa shape index (κ2) is 10.2. The van der Waals surface area contributed by atoms with Gasteiger partial charge >= 0.3 is 5.97 Å². The van der Waals surface area contributed by atoms with E-state index in [1.807, 2.05) is 0 Å². The molecule has 0 saturated carbocycles. The first-order valence-electron chi connectivity index (χ1n) is 9.51. The second-order valence-corrected chi connectivity index (χ2v) is 10.6. The number of benzene rings is 2. The van der Waals surface area contributed by atoms with Crippen molar-refractivity contribution in [2.24, 2.45) is 5.16 Å². The van der Waals surface area contributed by atoms with Crippen LogP contribution in [0.15, 0.2) is 49.3 Å². The molecule has 1 saturated heterocycles. The number of carboxylic acid groups (broad SMARTS) is 1. The van der Waals surface area contributed by atoms with Gasteiger partial charge in [-0.05, 0) is 81.5 Å². The molecule has 1 aliphatic rings. The van der Waals surface area contributed by atoms with Gasteiger partial charge in [-0.2, -0.15) is 4.31 Å². The summed E-state index contributed by atoms with van der Waals surface area (Å²) in [5.41, 5.74) is 0.594. The molecule has 0 spiro atoms. The van der Waals surface area contributed by atoms with Crippen LogP contribution in [0.25, 0.3) is 0 Å². The lowest BCUT2D eigenvalue weighted by atomic mass is 10.2. The van der Waals surface area contributed by atoms with Crippen molar-refractivity contribution in [3.05, 3.63) is 44.8 Å². The molecular formula is C20H20Br2N2O7S. The summed E-state index contributed by atoms with van der Waals surface area (Å²) in [6.07, 6.45) is 1.83. The second-order valence-electron chi connectivity index (χ2n) is 6.98. The molecule has 1 atom stereocenters. The number of halogens is 2. The van der Waals surface area contributed by atoms with Crippen LogP contribution in [0.3, 0.4) is 0 Å². The molecule has 0 amide bonds. The number of oxime groups is 1. The Balaban J connectivity index is 1.83. The fraction of sp³-hybridized carbons (Fsp3) is 0.300. The van der Waals surface area contributed by atoms with Gasteiger partial charge in [-0.15, -0.1) is 0 Å². The third-order valence-electron chi connectivity index (χ3n) is 4.62. The monoisotopic (exact) mass is 590 g/mol. The average molecular weight is 592 g/mol. The Morgan fingerprint density at radius 2 is 1.81 bits per heavy atom. The number of rotatable bonds is 8. The van der Waals surface area contributed by atoms with Gasteiger partial charge < -0.3 is 19.8 Å². The van der Waals surface area contributed by atoms with Crippen LogP contribution in [-0.2, 0) is 19.7 Å². The number of aromatic hydroxyl groups is 1. The summed E-state index contributed by atoms with van der Waals surface area (Å²) in [4.78, 5) is 15.4. The summed E-state index contributed by atoms with van der Waals surface area (Å²) in [6.45, 7) is 2.20. The molecule has 0 aliphatic carbocycles. The quantitative estimate of drug-likeness (QED) is 0.346. The maximum Gasteiger partial charge on any atom is 0.347 e. The number of aliphatic carboxylic acids is 1. The highest BCUT2D eigenvalue weighted by Gasteiger charge is 2.30. The van der Waals surface area contributed by atoms with Crippen molar-refractivity contribution in [3.63, 3.8) is 0 Å². The minimum Gasteiger partial charge on any atom is -0.507 e. The fourth-order valence-electron chi connectivity index (χ4n) is 2.93. The summed E-state index contributed by atoms with van der Waals surface area (Å²) in [5.74, 6) is -0.878. The molecule has 2 aromatic carbocycles. The van der Waals surface area contributed by atoms with Crippen LogP contribution >= 0.6 is 31.9 Å². The molecule has 0 radical (unpaired) electrons. The van der Waals surface area contributed by atoms with E-state index in [4.69, 9.17) is 14.7 Å². The third-order valence-corrected chi connectivity index (χ3v) is 7.73. The van der Waals surface area contributed by atoms with Gasteiger partial charge in [0.25, 0.3) is 0 Å². The Labute approximate surface area is 201 Å². The van der Waals surface area contributed by atoms with Gasteiger partial charge in [0, 0.05) is 19.2 Å². The Bertz CT molecular complexity index is 1130. The number of carboxylic acids is 1. The van der Waals surface area contributed by atoms with Crippen molar-refractivity contribution in [1.29, 1.82) is 0 Å². The number of phenols is 1. The number of hydrogen-bond acceptors (Lipinski definition) is 7. The normalized spacial score (nSPS) is 15.7. The Hall–Kier alpha value is -2.15. The van der Waals surface area contributed by atoms with E-state index in [9.17, 15) is 18.3 Å². The number of sulfonamides is 1. The predicted molar refractivity (Wildman–Crippen MR) is 124 cm³/mol. The van der Waals surface area contributed by atoms with Gasteiger partial charge in [0.1, 0.15) is 16.4 Å². The molecule has 9 nitrogen and oxygen atoms in total. The molecule has 3 rings (SSSR count). The molecule has 1 heterocycles. The molecule has 172 valence electrons. The highest BCUT2D eigenvalue weighted by molar-refractivity contribution is 9.11. The SMILES string of the molecule is CC(O/N=C\c1cc(Br)c(Oc2ccc(O)c(S(=O)(=O)N3CCCC3)c2)c(Br)c1)C(=O)O. The van der Waals surface area contributed by atoms with Gasteiger partial charge in [-0.25, -0.2) is 13.2 Å². The van der Waals surface area contributed by atoms with Crippen LogP contribution in [0.2, 0.25) is 0 Å². The van der Waals surface area contributed by atoms with Crippen molar-refractivity contribution < 1.29 is 33.0 Å². The predicted octanol–water partition coefficient (Wildman–Crippen LogP) is 4.32. The molecule has 0 aromatic heterocycles. The molecular weight excluding hydrogens is 572 g/mol. The average Bonchev–Trinajstić information content (AvgIpc) is 3.27. The highest BCUT2D eigenvalue weighted by atomic mass is 79.9. The van der Waals surface area contributed by atoms with Gasteiger partial charge in [0.05, 0.1) is 15.2 Å². The van der Waals surface area contributed by atoms with Gasteiger partial charge in [-0.3, -0.25) is 0 Å². The Morgan fingerprint density at radius 1 is 1.19 bits per heavy atom. The Kier molecular flexibility index (Phi) is 7.80. The van der Waals surface area contributed by atoms with E-state index in [0.29, 0.717) is 33.3 Å². The lowest BCUT2D eigenvalue weighted by molar-refractivity contribution is -0.149. The summed E-state index contributed by atoms with van der Waals surface area (Å²) in [5, 5.41) is 22.6. The summed E-state index contributed by atoms with van der Waals surface area (Å²) >= 11 is 6.80. The third kappa shape index (κ3) is 5.61. The van der Waals surface area contributed by atoms with Crippen molar-refractivity contribution >= 4 is 54.1 Å². The highest BCUT2D eigenvalue weighted by Crippen LogP contribution is 2.39. The zero-order valence-electron chi connectivity index (χ0n) is 16.9. The molecule has 12 heteroatoms. The minimum atomic E-state index is -3.83. The van der Waals surface area contributed by atoms with Crippen molar-refractivity contribution in [1.82, 2.24) is 4.31 Å². The number of carbonyl (C=O) groups is 1. The van der Waals surface area contributed by atoms with E-state index in [0.717, 1.165) is 12.8 Å². The number of hydrogen-bond donors (Lipinski definition) is 2. The largest absolute Gasteiger partial charge is 0.507 e. The van der Waals surface area contributed by atoms with Crippen LogP contribution in [-0.4, -0.2) is 54.3 Å². The van der Waals surface area contributed by atoms with Crippen LogP contribution in [0.5, 0.6) is 17.2 Å². The van der Waals surface area contributed by atoms with E-state index in [2.05, 4.69) is 37.0 Å². The summed E-state index contributed by atoms with van der Waals surface area (Å²) in [6, 6.07) is 7.37. The number of nitrogens with zero attached hydrogens (tertiary/aromatic N) is 2. The summed E-state index contributed by atoms with van der Waals surface area (Å²) in [7, 11) is -3.83. The first-order valence-corrected chi connectivity index (χ1v) is 12.5. The first kappa shape index (κ1) is 24.5. The molecule has 2 N–H and O–H groups in total. The van der Waals surface area contributed by atoms with Gasteiger partial charge in [-0.1, -0.05) is 5.16 Å². The van der Waals surface area contributed by atoms with Crippen LogP contribution in [0.1, 0.15) is 25.3 Å². The molecule has 2 aromatic rings. The van der Waals surface area contributed by atoms with Crippen LogP contribution in [0.4, 0.5) is 0 Å². The fourth-order valence-corrected chi connectivity index (χ4v) is 5.93. The van der Waals surface area contributed by atoms with E-state index < -0.39 is 22.1 Å². The zero-order chi connectivity index (χ0) is 23.5. The maximum atomic E-state index is 12.9. The molecule has 1 fully saturated rings. The minimum absolute atomic E-state index is 0.211. The maximum absolute atomic E-state index is 12.9. The summed E-state index contributed by atoms with van der Waals surface area (Å²) < 4.78 is 34.0. The lowest BCUT2D eigenvalue weighted by Gasteiger charge is -2.17. The van der Waals surface area contributed by atoms with Gasteiger partial charge in [0.2, 0.25) is 16.1 Å².